The zero-order valence-corrected chi connectivity index (χ0v) is 10.9. The van der Waals surface area contributed by atoms with Crippen molar-refractivity contribution < 1.29 is 0 Å². The molecule has 0 N–H and O–H groups in total. The molecule has 1 aliphatic rings. The van der Waals surface area contributed by atoms with Gasteiger partial charge in [-0.15, -0.1) is 0 Å². The van der Waals surface area contributed by atoms with Crippen LogP contribution in [0.25, 0.3) is 0 Å². The van der Waals surface area contributed by atoms with Crippen LogP contribution in [0, 0.1) is 13.8 Å². The fraction of sp³-hybridized carbons (Fsp3) is 0.235. The molecule has 0 unspecified atom stereocenters. The Kier molecular flexibility index (Phi) is 2.75. The van der Waals surface area contributed by atoms with Gasteiger partial charge in [0.05, 0.1) is 5.71 Å². The van der Waals surface area contributed by atoms with Gasteiger partial charge in [-0.1, -0.05) is 42.5 Å². The third kappa shape index (κ3) is 1.76. The molecule has 0 saturated heterocycles. The van der Waals surface area contributed by atoms with Crippen molar-refractivity contribution in [2.24, 2.45) is 4.99 Å². The highest BCUT2D eigenvalue weighted by Gasteiger charge is 2.17. The molecule has 90 valence electrons. The van der Waals surface area contributed by atoms with Gasteiger partial charge in [0.25, 0.3) is 0 Å². The smallest absolute Gasteiger partial charge is 0.0724 e. The lowest BCUT2D eigenvalue weighted by atomic mass is 9.89. The molecule has 0 aliphatic carbocycles. The van der Waals surface area contributed by atoms with Crippen molar-refractivity contribution in [3.8, 4) is 0 Å². The van der Waals surface area contributed by atoms with Crippen molar-refractivity contribution in [1.29, 1.82) is 0 Å². The van der Waals surface area contributed by atoms with Crippen LogP contribution in [-0.2, 0) is 6.42 Å². The Morgan fingerprint density at radius 3 is 2.39 bits per heavy atom. The normalized spacial score (nSPS) is 14.0. The third-order valence-corrected chi connectivity index (χ3v) is 3.70. The summed E-state index contributed by atoms with van der Waals surface area (Å²) in [6, 6.07) is 15.0. The van der Waals surface area contributed by atoms with Gasteiger partial charge in [0.2, 0.25) is 0 Å². The molecule has 0 fully saturated rings. The lowest BCUT2D eigenvalue weighted by Gasteiger charge is -2.20. The Hall–Kier alpha value is -1.89. The summed E-state index contributed by atoms with van der Waals surface area (Å²) in [5.41, 5.74) is 7.89. The first-order valence-corrected chi connectivity index (χ1v) is 6.46. The number of rotatable bonds is 1. The average Bonchev–Trinajstić information content (AvgIpc) is 2.40. The maximum absolute atomic E-state index is 4.76. The van der Waals surface area contributed by atoms with Crippen LogP contribution in [0.3, 0.4) is 0 Å². The molecule has 1 nitrogen and oxygen atoms in total. The molecule has 0 bridgehead atoms. The van der Waals surface area contributed by atoms with E-state index in [1.807, 2.05) is 0 Å². The van der Waals surface area contributed by atoms with E-state index in [-0.39, 0.29) is 0 Å². The minimum Gasteiger partial charge on any atom is -0.284 e. The van der Waals surface area contributed by atoms with Crippen LogP contribution in [0.15, 0.2) is 47.5 Å². The number of hydrogen-bond donors (Lipinski definition) is 0. The van der Waals surface area contributed by atoms with Crippen LogP contribution < -0.4 is 0 Å². The van der Waals surface area contributed by atoms with Crippen LogP contribution in [-0.4, -0.2) is 12.3 Å². The second-order valence-corrected chi connectivity index (χ2v) is 4.90. The van der Waals surface area contributed by atoms with Gasteiger partial charge < -0.3 is 0 Å². The van der Waals surface area contributed by atoms with Crippen LogP contribution in [0.1, 0.15) is 27.8 Å². The summed E-state index contributed by atoms with van der Waals surface area (Å²) in [5, 5.41) is 0. The second kappa shape index (κ2) is 4.41. The van der Waals surface area contributed by atoms with Gasteiger partial charge in [-0.2, -0.15) is 0 Å². The first-order valence-electron chi connectivity index (χ1n) is 6.46. The first kappa shape index (κ1) is 11.2. The molecule has 2 aromatic rings. The van der Waals surface area contributed by atoms with E-state index < -0.39 is 0 Å². The molecule has 3 rings (SSSR count). The molecule has 1 aliphatic heterocycles. The molecule has 0 aromatic heterocycles. The molecule has 0 atom stereocenters. The van der Waals surface area contributed by atoms with Crippen molar-refractivity contribution in [3.05, 3.63) is 70.3 Å². The zero-order chi connectivity index (χ0) is 12.5. The number of aryl methyl sites for hydroxylation is 2. The Morgan fingerprint density at radius 1 is 0.833 bits per heavy atom. The van der Waals surface area contributed by atoms with E-state index in [1.54, 1.807) is 0 Å². The van der Waals surface area contributed by atoms with Crippen LogP contribution in [0.2, 0.25) is 0 Å². The number of hydrogen-bond acceptors (Lipinski definition) is 1. The summed E-state index contributed by atoms with van der Waals surface area (Å²) < 4.78 is 0. The van der Waals surface area contributed by atoms with Gasteiger partial charge in [0, 0.05) is 17.7 Å². The Labute approximate surface area is 108 Å². The van der Waals surface area contributed by atoms with Crippen LogP contribution in [0.5, 0.6) is 0 Å². The van der Waals surface area contributed by atoms with E-state index in [4.69, 9.17) is 4.99 Å². The van der Waals surface area contributed by atoms with E-state index in [0.29, 0.717) is 0 Å². The minimum atomic E-state index is 0.904. The number of fused-ring (bicyclic) bond motifs is 1. The van der Waals surface area contributed by atoms with Crippen molar-refractivity contribution in [2.75, 3.05) is 6.54 Å². The predicted octanol–water partition coefficient (Wildman–Crippen LogP) is 3.70. The van der Waals surface area contributed by atoms with E-state index in [0.717, 1.165) is 18.7 Å². The molecule has 0 radical (unpaired) electrons. The maximum atomic E-state index is 4.76. The summed E-state index contributed by atoms with van der Waals surface area (Å²) >= 11 is 0. The van der Waals surface area contributed by atoms with Gasteiger partial charge in [-0.25, -0.2) is 0 Å². The topological polar surface area (TPSA) is 12.4 Å². The molecular formula is C17H17N. The predicted molar refractivity (Wildman–Crippen MR) is 76.6 cm³/mol. The lowest BCUT2D eigenvalue weighted by Crippen LogP contribution is -2.16. The van der Waals surface area contributed by atoms with Gasteiger partial charge >= 0.3 is 0 Å². The largest absolute Gasteiger partial charge is 0.284 e. The SMILES string of the molecule is Cc1ccccc1C1=NCCc2c(C)cccc21. The summed E-state index contributed by atoms with van der Waals surface area (Å²) in [7, 11) is 0. The summed E-state index contributed by atoms with van der Waals surface area (Å²) in [5.74, 6) is 0. The molecule has 0 spiro atoms. The Morgan fingerprint density at radius 2 is 1.56 bits per heavy atom. The number of benzene rings is 2. The van der Waals surface area contributed by atoms with Crippen LogP contribution >= 0.6 is 0 Å². The highest BCUT2D eigenvalue weighted by molar-refractivity contribution is 6.15. The molecule has 1 heteroatoms. The quantitative estimate of drug-likeness (QED) is 0.714. The summed E-state index contributed by atoms with van der Waals surface area (Å²) in [6.45, 7) is 5.25. The van der Waals surface area contributed by atoms with E-state index in [1.165, 1.54) is 27.8 Å². The third-order valence-electron chi connectivity index (χ3n) is 3.70. The van der Waals surface area contributed by atoms with Crippen molar-refractivity contribution >= 4 is 5.71 Å². The zero-order valence-electron chi connectivity index (χ0n) is 10.9. The minimum absolute atomic E-state index is 0.904. The molecule has 1 heterocycles. The van der Waals surface area contributed by atoms with Crippen molar-refractivity contribution in [2.45, 2.75) is 20.3 Å². The van der Waals surface area contributed by atoms with Gasteiger partial charge in [-0.05, 0) is 37.0 Å². The fourth-order valence-electron chi connectivity index (χ4n) is 2.69. The number of nitrogens with zero attached hydrogens (tertiary/aromatic N) is 1. The van der Waals surface area contributed by atoms with Crippen molar-refractivity contribution in [3.63, 3.8) is 0 Å². The molecule has 0 saturated carbocycles. The highest BCUT2D eigenvalue weighted by Crippen LogP contribution is 2.24. The van der Waals surface area contributed by atoms with Gasteiger partial charge in [-0.3, -0.25) is 4.99 Å². The van der Waals surface area contributed by atoms with E-state index >= 15 is 0 Å². The highest BCUT2D eigenvalue weighted by atomic mass is 14.7. The van der Waals surface area contributed by atoms with Crippen molar-refractivity contribution in [1.82, 2.24) is 0 Å². The van der Waals surface area contributed by atoms with Gasteiger partial charge in [0.15, 0.2) is 0 Å². The molecule has 18 heavy (non-hydrogen) atoms. The first-order chi connectivity index (χ1) is 8.77. The molecule has 2 aromatic carbocycles. The second-order valence-electron chi connectivity index (χ2n) is 4.90. The van der Waals surface area contributed by atoms with Crippen LogP contribution in [0.4, 0.5) is 0 Å². The molecular weight excluding hydrogens is 218 g/mol. The summed E-state index contributed by atoms with van der Waals surface area (Å²) in [6.07, 6.45) is 1.07. The van der Waals surface area contributed by atoms with E-state index in [2.05, 4.69) is 56.3 Å². The summed E-state index contributed by atoms with van der Waals surface area (Å²) in [4.78, 5) is 4.76. The maximum Gasteiger partial charge on any atom is 0.0724 e. The monoisotopic (exact) mass is 235 g/mol. The Balaban J connectivity index is 2.19. The van der Waals surface area contributed by atoms with E-state index in [9.17, 15) is 0 Å². The standard InChI is InChI=1S/C17H17N/c1-12-7-5-9-16-14(12)10-11-18-17(16)15-8-4-3-6-13(15)2/h3-9H,10-11H2,1-2H3. The number of aliphatic imine (C=N–C) groups is 1. The van der Waals surface area contributed by atoms with Gasteiger partial charge in [0.1, 0.15) is 0 Å². The molecule has 0 amide bonds. The lowest BCUT2D eigenvalue weighted by molar-refractivity contribution is 0.933. The fourth-order valence-corrected chi connectivity index (χ4v) is 2.69. The Bertz CT molecular complexity index is 623. The average molecular weight is 235 g/mol.